The van der Waals surface area contributed by atoms with E-state index < -0.39 is 0 Å². The van der Waals surface area contributed by atoms with Crippen molar-refractivity contribution in [2.45, 2.75) is 57.5 Å². The highest BCUT2D eigenvalue weighted by Crippen LogP contribution is 2.15. The third kappa shape index (κ3) is 3.93. The van der Waals surface area contributed by atoms with Crippen LogP contribution in [0, 0.1) is 0 Å². The van der Waals surface area contributed by atoms with Gasteiger partial charge in [0.1, 0.15) is 0 Å². The van der Waals surface area contributed by atoms with Crippen LogP contribution < -0.4 is 10.6 Å². The second-order valence-electron chi connectivity index (χ2n) is 5.59. The molecule has 2 aliphatic heterocycles. The topological polar surface area (TPSA) is 61.4 Å². The lowest BCUT2D eigenvalue weighted by Crippen LogP contribution is -2.53. The van der Waals surface area contributed by atoms with Crippen molar-refractivity contribution in [2.75, 3.05) is 19.6 Å². The second-order valence-corrected chi connectivity index (χ2v) is 5.59. The molecule has 2 aliphatic rings. The van der Waals surface area contributed by atoms with E-state index in [-0.39, 0.29) is 23.9 Å². The number of hydrogen-bond acceptors (Lipinski definition) is 3. The molecule has 0 aliphatic carbocycles. The Morgan fingerprint density at radius 2 is 2.16 bits per heavy atom. The number of likely N-dealkylation sites (tertiary alicyclic amines) is 1. The molecule has 2 rings (SSSR count). The summed E-state index contributed by atoms with van der Waals surface area (Å²) >= 11 is 0. The molecule has 0 aromatic heterocycles. The van der Waals surface area contributed by atoms with E-state index in [4.69, 9.17) is 0 Å². The van der Waals surface area contributed by atoms with Crippen LogP contribution in [-0.4, -0.2) is 48.4 Å². The van der Waals surface area contributed by atoms with Crippen molar-refractivity contribution in [1.29, 1.82) is 0 Å². The molecule has 0 spiro atoms. The van der Waals surface area contributed by atoms with Gasteiger partial charge in [-0.2, -0.15) is 0 Å². The van der Waals surface area contributed by atoms with Gasteiger partial charge in [0.15, 0.2) is 0 Å². The fourth-order valence-electron chi connectivity index (χ4n) is 2.94. The van der Waals surface area contributed by atoms with E-state index in [1.54, 1.807) is 0 Å². The largest absolute Gasteiger partial charge is 0.352 e. The second kappa shape index (κ2) is 6.89. The zero-order valence-corrected chi connectivity index (χ0v) is 11.8. The number of carbonyl (C=O) groups excluding carboxylic acids is 2. The SMILES string of the molecule is CCCC(=O)NC1CCCN(C(=O)C2CCCN2)C1. The minimum atomic E-state index is 0.00472. The Balaban J connectivity index is 1.82. The standard InChI is InChI=1S/C14H25N3O2/c1-2-5-13(18)16-11-6-4-9-17(10-11)14(19)12-7-3-8-15-12/h11-12,15H,2-10H2,1H3,(H,16,18). The summed E-state index contributed by atoms with van der Waals surface area (Å²) < 4.78 is 0. The molecule has 2 fully saturated rings. The molecule has 5 heteroatoms. The molecule has 0 saturated carbocycles. The van der Waals surface area contributed by atoms with Crippen LogP contribution in [0.2, 0.25) is 0 Å². The fraction of sp³-hybridized carbons (Fsp3) is 0.857. The Labute approximate surface area is 115 Å². The Morgan fingerprint density at radius 3 is 2.84 bits per heavy atom. The lowest BCUT2D eigenvalue weighted by atomic mass is 10.0. The summed E-state index contributed by atoms with van der Waals surface area (Å²) in [4.78, 5) is 25.8. The summed E-state index contributed by atoms with van der Waals surface area (Å²) in [5, 5.41) is 6.29. The van der Waals surface area contributed by atoms with Gasteiger partial charge in [0.25, 0.3) is 0 Å². The maximum absolute atomic E-state index is 12.3. The lowest BCUT2D eigenvalue weighted by molar-refractivity contribution is -0.135. The first-order chi connectivity index (χ1) is 9.20. The molecule has 0 radical (unpaired) electrons. The summed E-state index contributed by atoms with van der Waals surface area (Å²) in [7, 11) is 0. The van der Waals surface area contributed by atoms with Crippen molar-refractivity contribution in [3.63, 3.8) is 0 Å². The van der Waals surface area contributed by atoms with E-state index >= 15 is 0 Å². The Kier molecular flexibility index (Phi) is 5.19. The van der Waals surface area contributed by atoms with Gasteiger partial charge in [-0.3, -0.25) is 9.59 Å². The molecule has 2 N–H and O–H groups in total. The summed E-state index contributed by atoms with van der Waals surface area (Å²) in [6.07, 6.45) is 5.44. The molecule has 0 bridgehead atoms. The first-order valence-corrected chi connectivity index (χ1v) is 7.52. The van der Waals surface area contributed by atoms with Crippen LogP contribution >= 0.6 is 0 Å². The molecule has 2 unspecified atom stereocenters. The number of nitrogens with zero attached hydrogens (tertiary/aromatic N) is 1. The van der Waals surface area contributed by atoms with Gasteiger partial charge in [-0.25, -0.2) is 0 Å². The number of amides is 2. The van der Waals surface area contributed by atoms with Crippen molar-refractivity contribution in [2.24, 2.45) is 0 Å². The quantitative estimate of drug-likeness (QED) is 0.786. The van der Waals surface area contributed by atoms with Gasteiger partial charge in [0, 0.05) is 25.6 Å². The van der Waals surface area contributed by atoms with Gasteiger partial charge in [0.2, 0.25) is 11.8 Å². The predicted molar refractivity (Wildman–Crippen MR) is 73.7 cm³/mol. The average Bonchev–Trinajstić information content (AvgIpc) is 2.92. The highest BCUT2D eigenvalue weighted by Gasteiger charge is 2.30. The summed E-state index contributed by atoms with van der Waals surface area (Å²) in [5.41, 5.74) is 0. The molecule has 5 nitrogen and oxygen atoms in total. The van der Waals surface area contributed by atoms with Gasteiger partial charge in [-0.15, -0.1) is 0 Å². The zero-order valence-electron chi connectivity index (χ0n) is 11.8. The van der Waals surface area contributed by atoms with Gasteiger partial charge in [-0.05, 0) is 38.6 Å². The van der Waals surface area contributed by atoms with Crippen molar-refractivity contribution < 1.29 is 9.59 Å². The molecule has 0 aromatic carbocycles. The zero-order chi connectivity index (χ0) is 13.7. The molecule has 108 valence electrons. The molecular weight excluding hydrogens is 242 g/mol. The molecule has 19 heavy (non-hydrogen) atoms. The normalized spacial score (nSPS) is 27.3. The average molecular weight is 267 g/mol. The minimum absolute atomic E-state index is 0.00472. The number of carbonyl (C=O) groups is 2. The van der Waals surface area contributed by atoms with Crippen LogP contribution in [0.5, 0.6) is 0 Å². The summed E-state index contributed by atoms with van der Waals surface area (Å²) in [5.74, 6) is 0.327. The van der Waals surface area contributed by atoms with E-state index in [0.29, 0.717) is 13.0 Å². The maximum atomic E-state index is 12.3. The Bertz CT molecular complexity index is 327. The van der Waals surface area contributed by atoms with Crippen molar-refractivity contribution >= 4 is 11.8 Å². The highest BCUT2D eigenvalue weighted by molar-refractivity contribution is 5.82. The lowest BCUT2D eigenvalue weighted by Gasteiger charge is -2.34. The molecule has 2 heterocycles. The number of rotatable bonds is 4. The summed E-state index contributed by atoms with van der Waals surface area (Å²) in [6, 6.07) is 0.142. The molecular formula is C14H25N3O2. The first kappa shape index (κ1) is 14.3. The number of nitrogens with one attached hydrogen (secondary N) is 2. The maximum Gasteiger partial charge on any atom is 0.239 e. The van der Waals surface area contributed by atoms with Crippen LogP contribution in [-0.2, 0) is 9.59 Å². The molecule has 0 aromatic rings. The first-order valence-electron chi connectivity index (χ1n) is 7.52. The fourth-order valence-corrected chi connectivity index (χ4v) is 2.94. The van der Waals surface area contributed by atoms with Gasteiger partial charge >= 0.3 is 0 Å². The Hall–Kier alpha value is -1.10. The van der Waals surface area contributed by atoms with Crippen LogP contribution in [0.1, 0.15) is 45.4 Å². The molecule has 2 saturated heterocycles. The van der Waals surface area contributed by atoms with Crippen LogP contribution in [0.3, 0.4) is 0 Å². The smallest absolute Gasteiger partial charge is 0.239 e. The third-order valence-corrected chi connectivity index (χ3v) is 3.93. The summed E-state index contributed by atoms with van der Waals surface area (Å²) in [6.45, 7) is 4.45. The van der Waals surface area contributed by atoms with E-state index in [0.717, 1.165) is 45.2 Å². The van der Waals surface area contributed by atoms with Gasteiger partial charge in [0.05, 0.1) is 6.04 Å². The van der Waals surface area contributed by atoms with E-state index in [9.17, 15) is 9.59 Å². The number of piperidine rings is 1. The van der Waals surface area contributed by atoms with Crippen molar-refractivity contribution in [1.82, 2.24) is 15.5 Å². The van der Waals surface area contributed by atoms with Crippen LogP contribution in [0.4, 0.5) is 0 Å². The highest BCUT2D eigenvalue weighted by atomic mass is 16.2. The number of hydrogen-bond donors (Lipinski definition) is 2. The Morgan fingerprint density at radius 1 is 1.32 bits per heavy atom. The van der Waals surface area contributed by atoms with E-state index in [1.165, 1.54) is 0 Å². The van der Waals surface area contributed by atoms with Crippen LogP contribution in [0.25, 0.3) is 0 Å². The van der Waals surface area contributed by atoms with E-state index in [2.05, 4.69) is 10.6 Å². The molecule has 2 atom stereocenters. The predicted octanol–water partition coefficient (Wildman–Crippen LogP) is 0.646. The third-order valence-electron chi connectivity index (χ3n) is 3.93. The van der Waals surface area contributed by atoms with Crippen LogP contribution in [0.15, 0.2) is 0 Å². The van der Waals surface area contributed by atoms with Crippen molar-refractivity contribution in [3.8, 4) is 0 Å². The minimum Gasteiger partial charge on any atom is -0.352 e. The monoisotopic (exact) mass is 267 g/mol. The van der Waals surface area contributed by atoms with Gasteiger partial charge in [-0.1, -0.05) is 6.92 Å². The van der Waals surface area contributed by atoms with Crippen molar-refractivity contribution in [3.05, 3.63) is 0 Å². The van der Waals surface area contributed by atoms with Gasteiger partial charge < -0.3 is 15.5 Å². The molecule has 2 amide bonds. The van der Waals surface area contributed by atoms with E-state index in [1.807, 2.05) is 11.8 Å².